The highest BCUT2D eigenvalue weighted by molar-refractivity contribution is 6.02. The molecule has 1 amide bonds. The van der Waals surface area contributed by atoms with Gasteiger partial charge in [0.05, 0.1) is 0 Å². The summed E-state index contributed by atoms with van der Waals surface area (Å²) in [5.74, 6) is 2.34. The third kappa shape index (κ3) is 3.63. The molecule has 4 fully saturated rings. The van der Waals surface area contributed by atoms with Gasteiger partial charge in [-0.2, -0.15) is 0 Å². The molecule has 0 aromatic heterocycles. The lowest BCUT2D eigenvalue weighted by Gasteiger charge is -2.57. The summed E-state index contributed by atoms with van der Waals surface area (Å²) in [4.78, 5) is 12.3. The van der Waals surface area contributed by atoms with Crippen LogP contribution in [0.15, 0.2) is 48.5 Å². The van der Waals surface area contributed by atoms with Gasteiger partial charge in [0.2, 0.25) is 5.91 Å². The first-order valence-corrected chi connectivity index (χ1v) is 10.8. The Morgan fingerprint density at radius 1 is 1.00 bits per heavy atom. The number of nitrogens with one attached hydrogen (secondary N) is 1. The Balaban J connectivity index is 1.30. The Bertz CT molecular complexity index is 924. The molecular formula is C26H28FNO. The van der Waals surface area contributed by atoms with E-state index in [0.29, 0.717) is 5.41 Å². The maximum atomic E-state index is 13.0. The predicted molar refractivity (Wildman–Crippen MR) is 115 cm³/mol. The van der Waals surface area contributed by atoms with Crippen molar-refractivity contribution < 1.29 is 9.18 Å². The minimum atomic E-state index is -0.277. The second kappa shape index (κ2) is 7.12. The molecule has 29 heavy (non-hydrogen) atoms. The summed E-state index contributed by atoms with van der Waals surface area (Å²) in [6.45, 7) is 2.09. The first-order chi connectivity index (χ1) is 14.0. The van der Waals surface area contributed by atoms with Crippen molar-refractivity contribution in [3.05, 3.63) is 71.0 Å². The number of hydrogen-bond donors (Lipinski definition) is 1. The molecule has 4 aliphatic carbocycles. The Labute approximate surface area is 172 Å². The van der Waals surface area contributed by atoms with Crippen molar-refractivity contribution in [1.82, 2.24) is 0 Å². The number of carbonyl (C=O) groups is 1. The van der Waals surface area contributed by atoms with Crippen LogP contribution < -0.4 is 5.32 Å². The zero-order chi connectivity index (χ0) is 20.0. The van der Waals surface area contributed by atoms with Crippen LogP contribution in [0.2, 0.25) is 0 Å². The second-order valence-corrected chi connectivity index (χ2v) is 9.60. The molecule has 0 unspecified atom stereocenters. The van der Waals surface area contributed by atoms with Crippen molar-refractivity contribution in [2.75, 3.05) is 5.32 Å². The second-order valence-electron chi connectivity index (χ2n) is 9.60. The molecule has 0 atom stereocenters. The van der Waals surface area contributed by atoms with Gasteiger partial charge in [0.25, 0.3) is 0 Å². The lowest BCUT2D eigenvalue weighted by molar-refractivity contribution is -0.111. The average Bonchev–Trinajstić information content (AvgIpc) is 2.68. The summed E-state index contributed by atoms with van der Waals surface area (Å²) in [6, 6.07) is 12.7. The van der Waals surface area contributed by atoms with Crippen LogP contribution in [0.5, 0.6) is 0 Å². The number of rotatable bonds is 4. The molecule has 0 aliphatic heterocycles. The highest BCUT2D eigenvalue weighted by Gasteiger charge is 2.51. The molecule has 2 aromatic rings. The van der Waals surface area contributed by atoms with Gasteiger partial charge in [-0.15, -0.1) is 0 Å². The summed E-state index contributed by atoms with van der Waals surface area (Å²) >= 11 is 0. The van der Waals surface area contributed by atoms with E-state index in [1.807, 2.05) is 0 Å². The fourth-order valence-corrected chi connectivity index (χ4v) is 6.52. The molecule has 6 rings (SSSR count). The minimum Gasteiger partial charge on any atom is -0.322 e. The number of halogens is 1. The quantitative estimate of drug-likeness (QED) is 0.615. The average molecular weight is 390 g/mol. The van der Waals surface area contributed by atoms with Gasteiger partial charge in [-0.1, -0.05) is 24.3 Å². The van der Waals surface area contributed by atoms with Crippen LogP contribution in [0, 0.1) is 30.5 Å². The van der Waals surface area contributed by atoms with Crippen LogP contribution in [0.25, 0.3) is 6.08 Å². The van der Waals surface area contributed by atoms with E-state index in [4.69, 9.17) is 0 Å². The van der Waals surface area contributed by atoms with Gasteiger partial charge in [-0.3, -0.25) is 4.79 Å². The number of anilines is 1. The molecule has 4 saturated carbocycles. The number of hydrogen-bond acceptors (Lipinski definition) is 1. The highest BCUT2D eigenvalue weighted by Crippen LogP contribution is 2.60. The van der Waals surface area contributed by atoms with Crippen LogP contribution in [0.4, 0.5) is 10.1 Å². The molecule has 1 N–H and O–H groups in total. The van der Waals surface area contributed by atoms with Gasteiger partial charge in [0, 0.05) is 11.8 Å². The molecule has 4 bridgehead atoms. The summed E-state index contributed by atoms with van der Waals surface area (Å²) in [6.07, 6.45) is 11.6. The lowest BCUT2D eigenvalue weighted by atomic mass is 9.48. The van der Waals surface area contributed by atoms with E-state index in [0.717, 1.165) is 34.6 Å². The standard InChI is InChI=1S/C26H28FNO/c1-17-10-22(26-14-19-11-20(15-26)13-21(12-19)16-26)5-8-24(17)28-25(29)9-4-18-2-6-23(27)7-3-18/h2-10,19-21H,11-16H2,1H3,(H,28,29). The lowest BCUT2D eigenvalue weighted by Crippen LogP contribution is -2.48. The van der Waals surface area contributed by atoms with Crippen molar-refractivity contribution >= 4 is 17.7 Å². The van der Waals surface area contributed by atoms with Crippen LogP contribution >= 0.6 is 0 Å². The molecule has 2 aromatic carbocycles. The molecule has 0 heterocycles. The fourth-order valence-electron chi connectivity index (χ4n) is 6.52. The zero-order valence-corrected chi connectivity index (χ0v) is 17.0. The molecule has 150 valence electrons. The Hall–Kier alpha value is -2.42. The third-order valence-corrected chi connectivity index (χ3v) is 7.43. The van der Waals surface area contributed by atoms with Crippen molar-refractivity contribution in [3.8, 4) is 0 Å². The van der Waals surface area contributed by atoms with Crippen molar-refractivity contribution in [2.45, 2.75) is 50.9 Å². The molecule has 0 radical (unpaired) electrons. The highest BCUT2D eigenvalue weighted by atomic mass is 19.1. The first-order valence-electron chi connectivity index (χ1n) is 10.8. The molecular weight excluding hydrogens is 361 g/mol. The smallest absolute Gasteiger partial charge is 0.248 e. The van der Waals surface area contributed by atoms with E-state index in [1.165, 1.54) is 62.3 Å². The normalized spacial score (nSPS) is 30.1. The van der Waals surface area contributed by atoms with Crippen molar-refractivity contribution in [3.63, 3.8) is 0 Å². The van der Waals surface area contributed by atoms with E-state index in [1.54, 1.807) is 18.2 Å². The van der Waals surface area contributed by atoms with Gasteiger partial charge < -0.3 is 5.32 Å². The maximum Gasteiger partial charge on any atom is 0.248 e. The molecule has 0 spiro atoms. The number of aryl methyl sites for hydroxylation is 1. The molecule has 0 saturated heterocycles. The molecule has 2 nitrogen and oxygen atoms in total. The largest absolute Gasteiger partial charge is 0.322 e. The van der Waals surface area contributed by atoms with Crippen LogP contribution in [0.1, 0.15) is 55.2 Å². The van der Waals surface area contributed by atoms with Gasteiger partial charge >= 0.3 is 0 Å². The summed E-state index contributed by atoms with van der Waals surface area (Å²) in [7, 11) is 0. The predicted octanol–water partition coefficient (Wildman–Crippen LogP) is 6.25. The van der Waals surface area contributed by atoms with Crippen molar-refractivity contribution in [1.29, 1.82) is 0 Å². The number of amides is 1. The summed E-state index contributed by atoms with van der Waals surface area (Å²) in [5.41, 5.74) is 4.66. The summed E-state index contributed by atoms with van der Waals surface area (Å²) in [5, 5.41) is 2.99. The summed E-state index contributed by atoms with van der Waals surface area (Å²) < 4.78 is 13.0. The number of carbonyl (C=O) groups excluding carboxylic acids is 1. The van der Waals surface area contributed by atoms with Gasteiger partial charge in [-0.05, 0) is 110 Å². The minimum absolute atomic E-state index is 0.167. The van der Waals surface area contributed by atoms with E-state index in [-0.39, 0.29) is 11.7 Å². The van der Waals surface area contributed by atoms with Crippen LogP contribution in [0.3, 0.4) is 0 Å². The molecule has 4 aliphatic rings. The SMILES string of the molecule is Cc1cc(C23CC4CC(CC(C4)C2)C3)ccc1NC(=O)C=Cc1ccc(F)cc1. The van der Waals surface area contributed by atoms with E-state index in [9.17, 15) is 9.18 Å². The van der Waals surface area contributed by atoms with Gasteiger partial charge in [0.15, 0.2) is 0 Å². The zero-order valence-electron chi connectivity index (χ0n) is 17.0. The van der Waals surface area contributed by atoms with Gasteiger partial charge in [-0.25, -0.2) is 4.39 Å². The van der Waals surface area contributed by atoms with E-state index >= 15 is 0 Å². The monoisotopic (exact) mass is 389 g/mol. The fraction of sp³-hybridized carbons (Fsp3) is 0.423. The Kier molecular flexibility index (Phi) is 4.57. The first kappa shape index (κ1) is 18.6. The van der Waals surface area contributed by atoms with Crippen LogP contribution in [-0.4, -0.2) is 5.91 Å². The molecule has 3 heteroatoms. The Morgan fingerprint density at radius 3 is 2.21 bits per heavy atom. The maximum absolute atomic E-state index is 13.0. The van der Waals surface area contributed by atoms with Gasteiger partial charge in [0.1, 0.15) is 5.82 Å². The topological polar surface area (TPSA) is 29.1 Å². The number of benzene rings is 2. The van der Waals surface area contributed by atoms with E-state index in [2.05, 4.69) is 30.4 Å². The van der Waals surface area contributed by atoms with E-state index < -0.39 is 0 Å². The third-order valence-electron chi connectivity index (χ3n) is 7.43. The Morgan fingerprint density at radius 2 is 1.62 bits per heavy atom. The van der Waals surface area contributed by atoms with Crippen molar-refractivity contribution in [2.24, 2.45) is 17.8 Å². The van der Waals surface area contributed by atoms with Crippen LogP contribution in [-0.2, 0) is 10.2 Å².